The van der Waals surface area contributed by atoms with Crippen LogP contribution in [0.15, 0.2) is 54.7 Å². The smallest absolute Gasteiger partial charge is 0.343 e. The highest BCUT2D eigenvalue weighted by Gasteiger charge is 2.26. The molecule has 0 bridgehead atoms. The monoisotopic (exact) mass is 463 g/mol. The predicted molar refractivity (Wildman–Crippen MR) is 129 cm³/mol. The van der Waals surface area contributed by atoms with E-state index in [0.717, 1.165) is 16.7 Å². The van der Waals surface area contributed by atoms with Gasteiger partial charge in [-0.05, 0) is 30.0 Å². The van der Waals surface area contributed by atoms with Gasteiger partial charge in [0.25, 0.3) is 0 Å². The molecule has 3 N–H and O–H groups in total. The molecule has 0 radical (unpaired) electrons. The molecule has 3 rings (SSSR count). The van der Waals surface area contributed by atoms with Crippen molar-refractivity contribution in [2.45, 2.75) is 33.2 Å². The minimum Gasteiger partial charge on any atom is -0.462 e. The topological polar surface area (TPSA) is 121 Å². The normalized spacial score (nSPS) is 10.6. The summed E-state index contributed by atoms with van der Waals surface area (Å²) in [4.78, 5) is 27.0. The summed E-state index contributed by atoms with van der Waals surface area (Å²) in [6.45, 7) is 4.11. The molecule has 178 valence electrons. The average molecular weight is 464 g/mol. The molecule has 2 aromatic carbocycles. The lowest BCUT2D eigenvalue weighted by Gasteiger charge is -2.22. The predicted octanol–water partition coefficient (Wildman–Crippen LogP) is 3.90. The number of nitrogens with one attached hydrogen (secondary N) is 2. The SMILES string of the molecule is CCCC(=O)N(Cc1ccc(-c2ccccc2C(=N)NO)cc1)c1nn(C)cc1C(=O)OCC. The van der Waals surface area contributed by atoms with Crippen LogP contribution in [0.4, 0.5) is 5.82 Å². The van der Waals surface area contributed by atoms with Gasteiger partial charge in [-0.1, -0.05) is 55.5 Å². The standard InChI is InChI=1S/C25H29N5O4/c1-4-8-22(31)30(24-21(16-29(3)27-24)25(32)34-5-2)15-17-11-13-18(14-12-17)19-9-6-7-10-20(19)23(26)28-33/h6-7,9-14,16,33H,4-5,8,15H2,1-3H3,(H2,26,28). The van der Waals surface area contributed by atoms with Gasteiger partial charge in [0.15, 0.2) is 5.82 Å². The number of anilines is 1. The highest BCUT2D eigenvalue weighted by molar-refractivity contribution is 6.02. The molecule has 0 atom stereocenters. The van der Waals surface area contributed by atoms with Crippen molar-refractivity contribution in [2.24, 2.45) is 7.05 Å². The maximum Gasteiger partial charge on any atom is 0.343 e. The van der Waals surface area contributed by atoms with E-state index in [4.69, 9.17) is 15.4 Å². The number of aromatic nitrogens is 2. The van der Waals surface area contributed by atoms with E-state index in [9.17, 15) is 9.59 Å². The lowest BCUT2D eigenvalue weighted by Crippen LogP contribution is -2.32. The number of amides is 1. The van der Waals surface area contributed by atoms with Gasteiger partial charge in [0.1, 0.15) is 11.4 Å². The van der Waals surface area contributed by atoms with Crippen LogP contribution in [-0.4, -0.2) is 39.3 Å². The Morgan fingerprint density at radius 3 is 2.47 bits per heavy atom. The molecule has 0 aliphatic heterocycles. The molecule has 3 aromatic rings. The van der Waals surface area contributed by atoms with E-state index in [1.807, 2.05) is 48.8 Å². The molecule has 0 fully saturated rings. The molecule has 34 heavy (non-hydrogen) atoms. The molecule has 0 unspecified atom stereocenters. The number of aryl methyl sites for hydroxylation is 1. The second kappa shape index (κ2) is 11.2. The average Bonchev–Trinajstić information content (AvgIpc) is 3.24. The van der Waals surface area contributed by atoms with Gasteiger partial charge in [0.05, 0.1) is 13.2 Å². The Morgan fingerprint density at radius 1 is 1.12 bits per heavy atom. The minimum absolute atomic E-state index is 0.0994. The zero-order chi connectivity index (χ0) is 24.7. The third-order valence-corrected chi connectivity index (χ3v) is 5.24. The number of hydroxylamine groups is 1. The summed E-state index contributed by atoms with van der Waals surface area (Å²) in [5, 5.41) is 21.5. The van der Waals surface area contributed by atoms with Gasteiger partial charge in [-0.2, -0.15) is 5.10 Å². The Balaban J connectivity index is 1.94. The second-order valence-electron chi connectivity index (χ2n) is 7.72. The van der Waals surface area contributed by atoms with Gasteiger partial charge >= 0.3 is 5.97 Å². The van der Waals surface area contributed by atoms with E-state index in [-0.39, 0.29) is 36.3 Å². The number of nitrogens with zero attached hydrogens (tertiary/aromatic N) is 3. The van der Waals surface area contributed by atoms with Crippen LogP contribution in [0.3, 0.4) is 0 Å². The summed E-state index contributed by atoms with van der Waals surface area (Å²) in [5.74, 6) is -0.482. The highest BCUT2D eigenvalue weighted by atomic mass is 16.5. The van der Waals surface area contributed by atoms with Crippen LogP contribution in [0.5, 0.6) is 0 Å². The van der Waals surface area contributed by atoms with Crippen molar-refractivity contribution in [3.05, 3.63) is 71.4 Å². The number of carbonyl (C=O) groups excluding carboxylic acids is 2. The number of benzene rings is 2. The number of hydrogen-bond acceptors (Lipinski definition) is 6. The third kappa shape index (κ3) is 5.49. The molecule has 0 saturated heterocycles. The fourth-order valence-electron chi connectivity index (χ4n) is 3.64. The zero-order valence-electron chi connectivity index (χ0n) is 19.5. The maximum atomic E-state index is 13.0. The van der Waals surface area contributed by atoms with Crippen LogP contribution in [0.25, 0.3) is 11.1 Å². The van der Waals surface area contributed by atoms with Crippen LogP contribution in [0.1, 0.15) is 48.2 Å². The second-order valence-corrected chi connectivity index (χ2v) is 7.72. The van der Waals surface area contributed by atoms with Crippen LogP contribution in [-0.2, 0) is 23.1 Å². The lowest BCUT2D eigenvalue weighted by molar-refractivity contribution is -0.118. The highest BCUT2D eigenvalue weighted by Crippen LogP contribution is 2.26. The van der Waals surface area contributed by atoms with E-state index in [2.05, 4.69) is 5.10 Å². The fourth-order valence-corrected chi connectivity index (χ4v) is 3.64. The van der Waals surface area contributed by atoms with E-state index in [0.29, 0.717) is 18.4 Å². The molecule has 1 heterocycles. The number of rotatable bonds is 9. The Morgan fingerprint density at radius 2 is 1.82 bits per heavy atom. The Bertz CT molecular complexity index is 1170. The van der Waals surface area contributed by atoms with Gasteiger partial charge < -0.3 is 4.74 Å². The first-order valence-electron chi connectivity index (χ1n) is 11.1. The largest absolute Gasteiger partial charge is 0.462 e. The van der Waals surface area contributed by atoms with Gasteiger partial charge in [-0.15, -0.1) is 0 Å². The summed E-state index contributed by atoms with van der Waals surface area (Å²) < 4.78 is 6.65. The number of amidine groups is 1. The summed E-state index contributed by atoms with van der Waals surface area (Å²) in [6.07, 6.45) is 2.54. The Labute approximate surface area is 198 Å². The van der Waals surface area contributed by atoms with Crippen molar-refractivity contribution < 1.29 is 19.5 Å². The first-order chi connectivity index (χ1) is 16.4. The molecule has 1 aromatic heterocycles. The van der Waals surface area contributed by atoms with Crippen molar-refractivity contribution in [3.63, 3.8) is 0 Å². The van der Waals surface area contributed by atoms with E-state index < -0.39 is 5.97 Å². The molecule has 9 heteroatoms. The quantitative estimate of drug-likeness (QED) is 0.192. The van der Waals surface area contributed by atoms with Crippen molar-refractivity contribution in [1.82, 2.24) is 15.3 Å². The fraction of sp³-hybridized carbons (Fsp3) is 0.280. The summed E-state index contributed by atoms with van der Waals surface area (Å²) in [5.41, 5.74) is 5.19. The first kappa shape index (κ1) is 24.7. The van der Waals surface area contributed by atoms with Crippen LogP contribution >= 0.6 is 0 Å². The summed E-state index contributed by atoms with van der Waals surface area (Å²) >= 11 is 0. The van der Waals surface area contributed by atoms with Crippen LogP contribution in [0, 0.1) is 5.41 Å². The Kier molecular flexibility index (Phi) is 8.15. The summed E-state index contributed by atoms with van der Waals surface area (Å²) in [7, 11) is 1.69. The maximum absolute atomic E-state index is 13.0. The Hall–Kier alpha value is -3.98. The van der Waals surface area contributed by atoms with Crippen LogP contribution in [0.2, 0.25) is 0 Å². The number of esters is 1. The van der Waals surface area contributed by atoms with Gasteiger partial charge in [-0.25, -0.2) is 4.79 Å². The molecule has 0 aliphatic carbocycles. The third-order valence-electron chi connectivity index (χ3n) is 5.24. The molecule has 9 nitrogen and oxygen atoms in total. The van der Waals surface area contributed by atoms with Gasteiger partial charge in [0, 0.05) is 25.2 Å². The number of ether oxygens (including phenoxy) is 1. The van der Waals surface area contributed by atoms with E-state index in [1.54, 1.807) is 32.3 Å². The molecule has 0 aliphatic rings. The van der Waals surface area contributed by atoms with Crippen molar-refractivity contribution in [2.75, 3.05) is 11.5 Å². The molecular formula is C25H29N5O4. The summed E-state index contributed by atoms with van der Waals surface area (Å²) in [6, 6.07) is 14.8. The number of carbonyl (C=O) groups is 2. The van der Waals surface area contributed by atoms with Crippen LogP contribution < -0.4 is 10.4 Å². The zero-order valence-corrected chi connectivity index (χ0v) is 19.5. The van der Waals surface area contributed by atoms with Crippen molar-refractivity contribution in [3.8, 4) is 11.1 Å². The van der Waals surface area contributed by atoms with Gasteiger partial charge in [-0.3, -0.25) is 30.5 Å². The number of hydrogen-bond donors (Lipinski definition) is 3. The van der Waals surface area contributed by atoms with E-state index >= 15 is 0 Å². The first-order valence-corrected chi connectivity index (χ1v) is 11.1. The molecule has 1 amide bonds. The minimum atomic E-state index is -0.521. The lowest BCUT2D eigenvalue weighted by atomic mass is 9.98. The van der Waals surface area contributed by atoms with Gasteiger partial charge in [0.2, 0.25) is 5.91 Å². The molecule has 0 spiro atoms. The van der Waals surface area contributed by atoms with Crippen molar-refractivity contribution in [1.29, 1.82) is 5.41 Å². The molecule has 0 saturated carbocycles. The molecular weight excluding hydrogens is 434 g/mol. The van der Waals surface area contributed by atoms with Crippen molar-refractivity contribution >= 4 is 23.5 Å². The van der Waals surface area contributed by atoms with E-state index in [1.165, 1.54) is 9.58 Å².